The summed E-state index contributed by atoms with van der Waals surface area (Å²) in [6.45, 7) is 8.25. The van der Waals surface area contributed by atoms with Crippen LogP contribution in [0, 0.1) is 12.7 Å². The third-order valence-electron chi connectivity index (χ3n) is 0.325. The molecule has 30 valence electrons. The zero-order chi connectivity index (χ0) is 4.83. The quantitative estimate of drug-likeness (QED) is 0.439. The first-order chi connectivity index (χ1) is 2.91. The van der Waals surface area contributed by atoms with E-state index in [1.165, 1.54) is 6.08 Å². The minimum absolute atomic E-state index is 1.43. The molecule has 0 heterocycles. The van der Waals surface area contributed by atoms with Crippen LogP contribution in [0.15, 0.2) is 24.8 Å². The molecule has 0 fully saturated rings. The second-order valence-corrected chi connectivity index (χ2v) is 0.756. The second-order valence-electron chi connectivity index (χ2n) is 0.756. The first kappa shape index (κ1) is 5.22. The monoisotopic (exact) mass is 78.0 g/mol. The Morgan fingerprint density at radius 3 is 2.50 bits per heavy atom. The van der Waals surface area contributed by atoms with Gasteiger partial charge in [0.15, 0.2) is 0 Å². The molecule has 0 bridgehead atoms. The van der Waals surface area contributed by atoms with Crippen molar-refractivity contribution in [3.05, 3.63) is 37.5 Å². The first-order valence-electron chi connectivity index (χ1n) is 1.64. The van der Waals surface area contributed by atoms with Crippen LogP contribution in [0.4, 0.5) is 0 Å². The highest BCUT2D eigenvalue weighted by Gasteiger charge is 1.48. The molecule has 0 amide bonds. The van der Waals surface area contributed by atoms with Gasteiger partial charge in [0.25, 0.3) is 0 Å². The van der Waals surface area contributed by atoms with Gasteiger partial charge in [-0.1, -0.05) is 31.4 Å². The van der Waals surface area contributed by atoms with E-state index in [1.54, 1.807) is 12.2 Å². The van der Waals surface area contributed by atoms with Gasteiger partial charge in [0.05, 0.1) is 0 Å². The molecule has 0 saturated heterocycles. The summed E-state index contributed by atoms with van der Waals surface area (Å²) in [5, 5.41) is 0. The maximum atomic E-state index is 4.93. The van der Waals surface area contributed by atoms with Gasteiger partial charge in [-0.15, -0.1) is 0 Å². The third kappa shape index (κ3) is 3.22. The highest BCUT2D eigenvalue weighted by molar-refractivity contribution is 5.00. The van der Waals surface area contributed by atoms with Crippen molar-refractivity contribution in [1.29, 1.82) is 0 Å². The van der Waals surface area contributed by atoms with Crippen molar-refractivity contribution in [2.24, 2.45) is 0 Å². The molecular formula is C6H6. The van der Waals surface area contributed by atoms with Crippen LogP contribution >= 0.6 is 0 Å². The lowest BCUT2D eigenvalue weighted by atomic mass is 10.5. The van der Waals surface area contributed by atoms with Crippen LogP contribution in [0.5, 0.6) is 0 Å². The van der Waals surface area contributed by atoms with Crippen molar-refractivity contribution in [3.63, 3.8) is 0 Å². The Labute approximate surface area is 38.5 Å². The van der Waals surface area contributed by atoms with Crippen LogP contribution in [0.25, 0.3) is 0 Å². The molecule has 0 nitrogen and oxygen atoms in total. The Hall–Kier alpha value is -0.780. The van der Waals surface area contributed by atoms with Crippen molar-refractivity contribution in [2.75, 3.05) is 0 Å². The summed E-state index contributed by atoms with van der Waals surface area (Å²) in [6, 6.07) is 0. The van der Waals surface area contributed by atoms with Crippen molar-refractivity contribution in [1.82, 2.24) is 0 Å². The third-order valence-corrected chi connectivity index (χ3v) is 0.325. The van der Waals surface area contributed by atoms with Crippen LogP contribution < -0.4 is 0 Å². The largest absolute Gasteiger partial charge is 0.0912 e. The van der Waals surface area contributed by atoms with E-state index < -0.39 is 0 Å². The summed E-state index contributed by atoms with van der Waals surface area (Å²) in [4.78, 5) is 0. The molecule has 0 spiro atoms. The Kier molecular flexibility index (Phi) is 3.67. The molecule has 0 aromatic heterocycles. The van der Waals surface area contributed by atoms with E-state index in [1.807, 2.05) is 0 Å². The maximum Gasteiger partial charge on any atom is -0.0262 e. The van der Waals surface area contributed by atoms with Gasteiger partial charge in [-0.25, -0.2) is 0 Å². The molecule has 0 aliphatic carbocycles. The minimum Gasteiger partial charge on any atom is -0.0912 e. The predicted molar refractivity (Wildman–Crippen MR) is 26.9 cm³/mol. The predicted octanol–water partition coefficient (Wildman–Crippen LogP) is 1.52. The highest BCUT2D eigenvalue weighted by atomic mass is 13.5. The molecule has 6 heavy (non-hydrogen) atoms. The normalized spacial score (nSPS) is 8.67. The van der Waals surface area contributed by atoms with E-state index in [2.05, 4.69) is 12.7 Å². The fourth-order valence-corrected chi connectivity index (χ4v) is 0.124. The van der Waals surface area contributed by atoms with E-state index in [4.69, 9.17) is 6.58 Å². The molecule has 0 aliphatic rings. The summed E-state index contributed by atoms with van der Waals surface area (Å²) >= 11 is 0. The van der Waals surface area contributed by atoms with E-state index in [9.17, 15) is 0 Å². The maximum absolute atomic E-state index is 4.93. The number of rotatable bonds is 2. The van der Waals surface area contributed by atoms with Gasteiger partial charge in [-0.2, -0.15) is 0 Å². The van der Waals surface area contributed by atoms with Crippen molar-refractivity contribution in [3.8, 4) is 0 Å². The minimum atomic E-state index is 1.43. The molecule has 0 saturated carbocycles. The lowest BCUT2D eigenvalue weighted by Crippen LogP contribution is -1.40. The zero-order valence-electron chi connectivity index (χ0n) is 3.52. The second kappa shape index (κ2) is 4.22. The average Bonchev–Trinajstić information content (AvgIpc) is 1.61. The van der Waals surface area contributed by atoms with Gasteiger partial charge in [0.2, 0.25) is 0 Å². The number of allylic oxidation sites excluding steroid dienone is 4. The number of hydrogen-bond acceptors (Lipinski definition) is 0. The smallest absolute Gasteiger partial charge is 0.0262 e. The van der Waals surface area contributed by atoms with E-state index in [0.29, 0.717) is 0 Å². The van der Waals surface area contributed by atoms with Crippen LogP contribution in [0.3, 0.4) is 0 Å². The SMILES string of the molecule is [CH]=CC=C[C]=C. The summed E-state index contributed by atoms with van der Waals surface area (Å²) in [7, 11) is 0. The summed E-state index contributed by atoms with van der Waals surface area (Å²) in [6.07, 6.45) is 7.25. The lowest BCUT2D eigenvalue weighted by Gasteiger charge is -1.59. The van der Waals surface area contributed by atoms with Gasteiger partial charge in [-0.05, 0) is 6.08 Å². The average molecular weight is 78.1 g/mol. The molecular weight excluding hydrogens is 72.1 g/mol. The molecule has 0 aromatic carbocycles. The van der Waals surface area contributed by atoms with Crippen LogP contribution in [-0.4, -0.2) is 0 Å². The Morgan fingerprint density at radius 1 is 1.67 bits per heavy atom. The first-order valence-corrected chi connectivity index (χ1v) is 1.64. The van der Waals surface area contributed by atoms with Gasteiger partial charge >= 0.3 is 0 Å². The van der Waals surface area contributed by atoms with Crippen LogP contribution in [-0.2, 0) is 0 Å². The Morgan fingerprint density at radius 2 is 2.33 bits per heavy atom. The fourth-order valence-electron chi connectivity index (χ4n) is 0.124. The molecule has 0 unspecified atom stereocenters. The van der Waals surface area contributed by atoms with Gasteiger partial charge < -0.3 is 0 Å². The summed E-state index contributed by atoms with van der Waals surface area (Å²) in [5.74, 6) is 0. The van der Waals surface area contributed by atoms with Gasteiger partial charge in [0.1, 0.15) is 0 Å². The molecule has 2 radical (unpaired) electrons. The van der Waals surface area contributed by atoms with Gasteiger partial charge in [-0.3, -0.25) is 0 Å². The molecule has 0 aromatic rings. The van der Waals surface area contributed by atoms with Crippen LogP contribution in [0.1, 0.15) is 0 Å². The molecule has 0 heteroatoms. The standard InChI is InChI=1S/C6H6/c1-3-5-6-4-2/h1,3,5-6H,2H2. The lowest BCUT2D eigenvalue weighted by molar-refractivity contribution is 1.91. The Balaban J connectivity index is 3.17. The number of hydrogen-bond donors (Lipinski definition) is 0. The van der Waals surface area contributed by atoms with Gasteiger partial charge in [0, 0.05) is 0 Å². The van der Waals surface area contributed by atoms with E-state index in [0.717, 1.165) is 0 Å². The van der Waals surface area contributed by atoms with E-state index >= 15 is 0 Å². The van der Waals surface area contributed by atoms with Crippen molar-refractivity contribution < 1.29 is 0 Å². The highest BCUT2D eigenvalue weighted by Crippen LogP contribution is 1.68. The van der Waals surface area contributed by atoms with Crippen molar-refractivity contribution in [2.45, 2.75) is 0 Å². The molecule has 0 N–H and O–H groups in total. The molecule has 0 rings (SSSR count). The Bertz CT molecular complexity index is 58.1. The molecule has 0 atom stereocenters. The zero-order valence-corrected chi connectivity index (χ0v) is 3.52. The van der Waals surface area contributed by atoms with Crippen molar-refractivity contribution >= 4 is 0 Å². The topological polar surface area (TPSA) is 0 Å². The van der Waals surface area contributed by atoms with E-state index in [-0.39, 0.29) is 0 Å². The van der Waals surface area contributed by atoms with Crippen LogP contribution in [0.2, 0.25) is 0 Å². The summed E-state index contributed by atoms with van der Waals surface area (Å²) in [5.41, 5.74) is 0. The summed E-state index contributed by atoms with van der Waals surface area (Å²) < 4.78 is 0. The molecule has 0 aliphatic heterocycles. The fraction of sp³-hybridized carbons (Fsp3) is 0.